The van der Waals surface area contributed by atoms with Crippen LogP contribution in [0.4, 0.5) is 0 Å². The molecule has 0 aromatic carbocycles. The molecular weight excluding hydrogens is 238 g/mol. The quantitative estimate of drug-likeness (QED) is 0.800. The standard InChI is InChI=1S/C16H31NO2/c1-12(2)9-14(4)17(5)11-16(15(18)19)8-6-7-13(3)10-16/h12-14H,6-11H2,1-5H3,(H,18,19). The Morgan fingerprint density at radius 3 is 2.53 bits per heavy atom. The maximum Gasteiger partial charge on any atom is 0.310 e. The molecule has 3 nitrogen and oxygen atoms in total. The Kier molecular flexibility index (Phi) is 5.84. The van der Waals surface area contributed by atoms with E-state index in [1.54, 1.807) is 0 Å². The second-order valence-corrected chi connectivity index (χ2v) is 7.18. The van der Waals surface area contributed by atoms with E-state index in [9.17, 15) is 9.90 Å². The Morgan fingerprint density at radius 2 is 2.05 bits per heavy atom. The smallest absolute Gasteiger partial charge is 0.310 e. The number of carboxylic acids is 1. The van der Waals surface area contributed by atoms with Crippen molar-refractivity contribution in [1.29, 1.82) is 0 Å². The van der Waals surface area contributed by atoms with Crippen molar-refractivity contribution in [3.05, 3.63) is 0 Å². The number of carboxylic acid groups (broad SMARTS) is 1. The van der Waals surface area contributed by atoms with Gasteiger partial charge in [0.25, 0.3) is 0 Å². The van der Waals surface area contributed by atoms with Crippen LogP contribution >= 0.6 is 0 Å². The Labute approximate surface area is 118 Å². The maximum atomic E-state index is 11.8. The third-order valence-electron chi connectivity index (χ3n) is 4.66. The van der Waals surface area contributed by atoms with Crippen LogP contribution in [0.15, 0.2) is 0 Å². The number of hydrogen-bond donors (Lipinski definition) is 1. The zero-order chi connectivity index (χ0) is 14.6. The van der Waals surface area contributed by atoms with Gasteiger partial charge in [0.2, 0.25) is 0 Å². The summed E-state index contributed by atoms with van der Waals surface area (Å²) in [6.07, 6.45) is 5.04. The SMILES string of the molecule is CC(C)CC(C)N(C)CC1(C(=O)O)CCCC(C)C1. The van der Waals surface area contributed by atoms with Gasteiger partial charge in [-0.25, -0.2) is 0 Å². The van der Waals surface area contributed by atoms with Gasteiger partial charge >= 0.3 is 5.97 Å². The minimum atomic E-state index is -0.595. The molecule has 1 aliphatic rings. The van der Waals surface area contributed by atoms with Crippen molar-refractivity contribution in [1.82, 2.24) is 4.90 Å². The number of hydrogen-bond acceptors (Lipinski definition) is 2. The lowest BCUT2D eigenvalue weighted by atomic mass is 9.69. The van der Waals surface area contributed by atoms with Gasteiger partial charge in [-0.1, -0.05) is 33.6 Å². The fraction of sp³-hybridized carbons (Fsp3) is 0.938. The van der Waals surface area contributed by atoms with Gasteiger partial charge in [0.05, 0.1) is 5.41 Å². The molecule has 0 aromatic rings. The highest BCUT2D eigenvalue weighted by atomic mass is 16.4. The van der Waals surface area contributed by atoms with Gasteiger partial charge in [-0.05, 0) is 45.1 Å². The van der Waals surface area contributed by atoms with Crippen LogP contribution in [0, 0.1) is 17.3 Å². The average Bonchev–Trinajstić information content (AvgIpc) is 2.27. The fourth-order valence-electron chi connectivity index (χ4n) is 3.56. The monoisotopic (exact) mass is 269 g/mol. The summed E-state index contributed by atoms with van der Waals surface area (Å²) in [7, 11) is 2.08. The van der Waals surface area contributed by atoms with Crippen molar-refractivity contribution in [3.8, 4) is 0 Å². The molecule has 3 unspecified atom stereocenters. The van der Waals surface area contributed by atoms with Crippen molar-refractivity contribution >= 4 is 5.97 Å². The summed E-state index contributed by atoms with van der Waals surface area (Å²) in [5, 5.41) is 9.69. The summed E-state index contributed by atoms with van der Waals surface area (Å²) in [6.45, 7) is 9.54. The predicted molar refractivity (Wildman–Crippen MR) is 79.2 cm³/mol. The molecule has 3 heteroatoms. The third-order valence-corrected chi connectivity index (χ3v) is 4.66. The summed E-state index contributed by atoms with van der Waals surface area (Å²) in [5.74, 6) is 0.602. The molecule has 1 rings (SSSR count). The van der Waals surface area contributed by atoms with E-state index in [0.717, 1.165) is 25.7 Å². The largest absolute Gasteiger partial charge is 0.481 e. The molecule has 112 valence electrons. The predicted octanol–water partition coefficient (Wildman–Crippen LogP) is 3.63. The second kappa shape index (κ2) is 6.74. The van der Waals surface area contributed by atoms with E-state index in [4.69, 9.17) is 0 Å². The zero-order valence-electron chi connectivity index (χ0n) is 13.3. The number of rotatable bonds is 6. The van der Waals surface area contributed by atoms with Crippen LogP contribution in [0.5, 0.6) is 0 Å². The molecule has 3 atom stereocenters. The number of aliphatic carboxylic acids is 1. The average molecular weight is 269 g/mol. The first-order valence-corrected chi connectivity index (χ1v) is 7.70. The van der Waals surface area contributed by atoms with Gasteiger partial charge in [-0.2, -0.15) is 0 Å². The molecule has 0 amide bonds. The van der Waals surface area contributed by atoms with Crippen LogP contribution in [0.2, 0.25) is 0 Å². The van der Waals surface area contributed by atoms with Crippen LogP contribution in [-0.2, 0) is 4.79 Å². The van der Waals surface area contributed by atoms with Crippen LogP contribution in [0.1, 0.15) is 59.8 Å². The lowest BCUT2D eigenvalue weighted by molar-refractivity contribution is -0.153. The van der Waals surface area contributed by atoms with Gasteiger partial charge < -0.3 is 10.0 Å². The summed E-state index contributed by atoms with van der Waals surface area (Å²) in [6, 6.07) is 0.452. The van der Waals surface area contributed by atoms with Crippen LogP contribution in [0.25, 0.3) is 0 Å². The van der Waals surface area contributed by atoms with Crippen LogP contribution < -0.4 is 0 Å². The molecule has 1 aliphatic carbocycles. The van der Waals surface area contributed by atoms with E-state index >= 15 is 0 Å². The van der Waals surface area contributed by atoms with Crippen molar-refractivity contribution in [2.45, 2.75) is 65.8 Å². The van der Waals surface area contributed by atoms with Gasteiger partial charge in [0, 0.05) is 12.6 Å². The summed E-state index contributed by atoms with van der Waals surface area (Å²) in [5.41, 5.74) is -0.516. The molecule has 0 heterocycles. The first-order chi connectivity index (χ1) is 8.77. The highest BCUT2D eigenvalue weighted by Gasteiger charge is 2.43. The Balaban J connectivity index is 2.70. The Morgan fingerprint density at radius 1 is 1.42 bits per heavy atom. The van der Waals surface area contributed by atoms with Crippen molar-refractivity contribution < 1.29 is 9.90 Å². The molecule has 1 N–H and O–H groups in total. The molecular formula is C16H31NO2. The lowest BCUT2D eigenvalue weighted by Crippen LogP contribution is -2.47. The summed E-state index contributed by atoms with van der Waals surface area (Å²) in [4.78, 5) is 14.0. The van der Waals surface area contributed by atoms with E-state index in [1.165, 1.54) is 6.42 Å². The Bertz CT molecular complexity index is 303. The molecule has 0 radical (unpaired) electrons. The van der Waals surface area contributed by atoms with Gasteiger partial charge in [0.1, 0.15) is 0 Å². The molecule has 0 spiro atoms. The number of nitrogens with zero attached hydrogens (tertiary/aromatic N) is 1. The van der Waals surface area contributed by atoms with E-state index < -0.39 is 11.4 Å². The van der Waals surface area contributed by atoms with E-state index in [0.29, 0.717) is 24.4 Å². The molecule has 0 bridgehead atoms. The zero-order valence-corrected chi connectivity index (χ0v) is 13.3. The van der Waals surface area contributed by atoms with Gasteiger partial charge in [0.15, 0.2) is 0 Å². The molecule has 19 heavy (non-hydrogen) atoms. The fourth-order valence-corrected chi connectivity index (χ4v) is 3.56. The first kappa shape index (κ1) is 16.5. The highest BCUT2D eigenvalue weighted by molar-refractivity contribution is 5.75. The lowest BCUT2D eigenvalue weighted by Gasteiger charge is -2.41. The van der Waals surface area contributed by atoms with E-state index in [2.05, 4.69) is 39.6 Å². The highest BCUT2D eigenvalue weighted by Crippen LogP contribution is 2.40. The molecule has 0 aliphatic heterocycles. The molecule has 0 aromatic heterocycles. The maximum absolute atomic E-state index is 11.8. The summed E-state index contributed by atoms with van der Waals surface area (Å²) >= 11 is 0. The Hall–Kier alpha value is -0.570. The normalized spacial score (nSPS) is 29.7. The summed E-state index contributed by atoms with van der Waals surface area (Å²) < 4.78 is 0. The van der Waals surface area contributed by atoms with Gasteiger partial charge in [-0.15, -0.1) is 0 Å². The van der Waals surface area contributed by atoms with Crippen LogP contribution in [0.3, 0.4) is 0 Å². The first-order valence-electron chi connectivity index (χ1n) is 7.70. The molecule has 0 saturated heterocycles. The minimum absolute atomic E-state index is 0.452. The van der Waals surface area contributed by atoms with Crippen molar-refractivity contribution in [2.24, 2.45) is 17.3 Å². The van der Waals surface area contributed by atoms with E-state index in [1.807, 2.05) is 0 Å². The van der Waals surface area contributed by atoms with Gasteiger partial charge in [-0.3, -0.25) is 4.79 Å². The van der Waals surface area contributed by atoms with Crippen molar-refractivity contribution in [3.63, 3.8) is 0 Å². The van der Waals surface area contributed by atoms with Crippen LogP contribution in [-0.4, -0.2) is 35.6 Å². The minimum Gasteiger partial charge on any atom is -0.481 e. The topological polar surface area (TPSA) is 40.5 Å². The van der Waals surface area contributed by atoms with E-state index in [-0.39, 0.29) is 0 Å². The third kappa shape index (κ3) is 4.48. The molecule has 1 fully saturated rings. The molecule has 1 saturated carbocycles. The van der Waals surface area contributed by atoms with Crippen molar-refractivity contribution in [2.75, 3.05) is 13.6 Å². The second-order valence-electron chi connectivity index (χ2n) is 7.18. The number of carbonyl (C=O) groups is 1.